The zero-order valence-electron chi connectivity index (χ0n) is 8.32. The Bertz CT molecular complexity index is 177. The lowest BCUT2D eigenvalue weighted by Gasteiger charge is -2.26. The fraction of sp³-hybridized carbons (Fsp3) is 0.900. The van der Waals surface area contributed by atoms with Gasteiger partial charge in [0.05, 0.1) is 0 Å². The Hall–Kier alpha value is -0.570. The van der Waals surface area contributed by atoms with Crippen molar-refractivity contribution < 1.29 is 14.6 Å². The van der Waals surface area contributed by atoms with Gasteiger partial charge in [-0.15, -0.1) is 0 Å². The zero-order valence-corrected chi connectivity index (χ0v) is 8.32. The highest BCUT2D eigenvalue weighted by molar-refractivity contribution is 5.73. The quantitative estimate of drug-likeness (QED) is 0.664. The predicted molar refractivity (Wildman–Crippen MR) is 49.2 cm³/mol. The lowest BCUT2D eigenvalue weighted by Crippen LogP contribution is -2.29. The predicted octanol–water partition coefficient (Wildman–Crippen LogP) is 1.49. The minimum atomic E-state index is -0.989. The van der Waals surface area contributed by atoms with Crippen molar-refractivity contribution in [3.8, 4) is 0 Å². The van der Waals surface area contributed by atoms with Gasteiger partial charge >= 0.3 is 5.97 Å². The topological polar surface area (TPSA) is 46.5 Å². The monoisotopic (exact) mass is 186 g/mol. The molecule has 0 saturated heterocycles. The summed E-state index contributed by atoms with van der Waals surface area (Å²) in [5.74, 6) is 0.152. The summed E-state index contributed by atoms with van der Waals surface area (Å²) >= 11 is 0. The van der Waals surface area contributed by atoms with E-state index in [4.69, 9.17) is 9.84 Å². The number of aliphatic hydroxyl groups excluding tert-OH is 1. The Kier molecular flexibility index (Phi) is 3.72. The molecule has 1 fully saturated rings. The van der Waals surface area contributed by atoms with Gasteiger partial charge in [-0.1, -0.05) is 13.3 Å². The summed E-state index contributed by atoms with van der Waals surface area (Å²) in [5, 5.41) is 8.94. The summed E-state index contributed by atoms with van der Waals surface area (Å²) in [7, 11) is 0. The van der Waals surface area contributed by atoms with E-state index in [2.05, 4.69) is 6.92 Å². The molecule has 13 heavy (non-hydrogen) atoms. The minimum absolute atomic E-state index is 0.0332. The van der Waals surface area contributed by atoms with Crippen LogP contribution in [-0.2, 0) is 9.53 Å². The molecular formula is C10H18O3. The fourth-order valence-corrected chi connectivity index (χ4v) is 1.75. The first-order valence-corrected chi connectivity index (χ1v) is 4.98. The van der Waals surface area contributed by atoms with E-state index < -0.39 is 12.1 Å². The van der Waals surface area contributed by atoms with Gasteiger partial charge in [-0.2, -0.15) is 0 Å². The third-order valence-corrected chi connectivity index (χ3v) is 2.51. The van der Waals surface area contributed by atoms with E-state index in [1.165, 1.54) is 13.3 Å². The van der Waals surface area contributed by atoms with Gasteiger partial charge in [-0.05, 0) is 32.1 Å². The van der Waals surface area contributed by atoms with Gasteiger partial charge in [0.15, 0.2) is 0 Å². The van der Waals surface area contributed by atoms with E-state index in [9.17, 15) is 4.79 Å². The normalized spacial score (nSPS) is 31.0. The summed E-state index contributed by atoms with van der Waals surface area (Å²) in [6.07, 6.45) is 3.28. The molecule has 1 saturated carbocycles. The van der Waals surface area contributed by atoms with E-state index in [0.717, 1.165) is 19.3 Å². The molecule has 0 heterocycles. The third-order valence-electron chi connectivity index (χ3n) is 2.51. The molecule has 0 bridgehead atoms. The van der Waals surface area contributed by atoms with Gasteiger partial charge in [0.25, 0.3) is 0 Å². The molecule has 0 spiro atoms. The molecule has 3 nitrogen and oxygen atoms in total. The Morgan fingerprint density at radius 3 is 2.77 bits per heavy atom. The maximum Gasteiger partial charge on any atom is 0.334 e. The maximum atomic E-state index is 11.0. The molecule has 1 aliphatic carbocycles. The van der Waals surface area contributed by atoms with Crippen LogP contribution in [-0.4, -0.2) is 23.3 Å². The van der Waals surface area contributed by atoms with Gasteiger partial charge in [-0.25, -0.2) is 4.79 Å². The summed E-state index contributed by atoms with van der Waals surface area (Å²) in [5.41, 5.74) is 0. The Morgan fingerprint density at radius 2 is 2.23 bits per heavy atom. The van der Waals surface area contributed by atoms with Gasteiger partial charge in [0.2, 0.25) is 0 Å². The first-order chi connectivity index (χ1) is 6.09. The molecule has 3 heteroatoms. The van der Waals surface area contributed by atoms with Crippen molar-refractivity contribution in [3.05, 3.63) is 0 Å². The standard InChI is InChI=1S/C10H18O3/c1-7-4-3-5-9(6-7)13-10(12)8(2)11/h7-9,11H,3-6H2,1-2H3/t7-,8-,9+/m1/s1. The number of carbonyl (C=O) groups excluding carboxylic acids is 1. The van der Waals surface area contributed by atoms with E-state index in [-0.39, 0.29) is 6.10 Å². The number of esters is 1. The second-order valence-corrected chi connectivity index (χ2v) is 4.01. The third kappa shape index (κ3) is 3.35. The van der Waals surface area contributed by atoms with Crippen LogP contribution in [0.1, 0.15) is 39.5 Å². The number of ether oxygens (including phenoxy) is 1. The van der Waals surface area contributed by atoms with Crippen molar-refractivity contribution >= 4 is 5.97 Å². The molecule has 1 N–H and O–H groups in total. The first kappa shape index (κ1) is 10.5. The average Bonchev–Trinajstić information content (AvgIpc) is 2.04. The van der Waals surface area contributed by atoms with Crippen molar-refractivity contribution in [1.29, 1.82) is 0 Å². The molecule has 1 rings (SSSR count). The van der Waals surface area contributed by atoms with Crippen molar-refractivity contribution in [2.75, 3.05) is 0 Å². The number of hydrogen-bond acceptors (Lipinski definition) is 3. The van der Waals surface area contributed by atoms with Gasteiger partial charge in [-0.3, -0.25) is 0 Å². The number of hydrogen-bond donors (Lipinski definition) is 1. The van der Waals surface area contributed by atoms with Gasteiger partial charge < -0.3 is 9.84 Å². The van der Waals surface area contributed by atoms with E-state index in [0.29, 0.717) is 5.92 Å². The highest BCUT2D eigenvalue weighted by Crippen LogP contribution is 2.25. The summed E-state index contributed by atoms with van der Waals surface area (Å²) < 4.78 is 5.13. The second kappa shape index (κ2) is 4.61. The summed E-state index contributed by atoms with van der Waals surface area (Å²) in [6, 6.07) is 0. The molecule has 3 atom stereocenters. The van der Waals surface area contributed by atoms with E-state index in [1.807, 2.05) is 0 Å². The van der Waals surface area contributed by atoms with Crippen molar-refractivity contribution in [3.63, 3.8) is 0 Å². The van der Waals surface area contributed by atoms with E-state index in [1.54, 1.807) is 0 Å². The van der Waals surface area contributed by atoms with Crippen LogP contribution in [0, 0.1) is 5.92 Å². The van der Waals surface area contributed by atoms with Crippen LogP contribution < -0.4 is 0 Å². The van der Waals surface area contributed by atoms with Gasteiger partial charge in [0, 0.05) is 0 Å². The van der Waals surface area contributed by atoms with Crippen LogP contribution in [0.25, 0.3) is 0 Å². The molecule has 0 radical (unpaired) electrons. The molecule has 1 aliphatic rings. The SMILES string of the molecule is C[C@@H]1CCC[C@H](OC(=O)[C@@H](C)O)C1. The second-order valence-electron chi connectivity index (χ2n) is 4.01. The first-order valence-electron chi connectivity index (χ1n) is 4.98. The molecule has 76 valence electrons. The highest BCUT2D eigenvalue weighted by atomic mass is 16.6. The van der Waals surface area contributed by atoms with Crippen LogP contribution in [0.3, 0.4) is 0 Å². The molecule has 0 unspecified atom stereocenters. The minimum Gasteiger partial charge on any atom is -0.460 e. The Labute approximate surface area is 79.1 Å². The fourth-order valence-electron chi connectivity index (χ4n) is 1.75. The summed E-state index contributed by atoms with van der Waals surface area (Å²) in [4.78, 5) is 11.0. The zero-order chi connectivity index (χ0) is 9.84. The molecule has 0 amide bonds. The maximum absolute atomic E-state index is 11.0. The molecule has 0 aromatic carbocycles. The molecular weight excluding hydrogens is 168 g/mol. The largest absolute Gasteiger partial charge is 0.460 e. The number of carbonyl (C=O) groups is 1. The highest BCUT2D eigenvalue weighted by Gasteiger charge is 2.23. The van der Waals surface area contributed by atoms with E-state index >= 15 is 0 Å². The van der Waals surface area contributed by atoms with Crippen molar-refractivity contribution in [1.82, 2.24) is 0 Å². The van der Waals surface area contributed by atoms with Crippen LogP contribution in [0.4, 0.5) is 0 Å². The number of aliphatic hydroxyl groups is 1. The van der Waals surface area contributed by atoms with Crippen LogP contribution in [0.5, 0.6) is 0 Å². The smallest absolute Gasteiger partial charge is 0.334 e. The Morgan fingerprint density at radius 1 is 1.54 bits per heavy atom. The molecule has 0 aromatic rings. The van der Waals surface area contributed by atoms with Crippen molar-refractivity contribution in [2.24, 2.45) is 5.92 Å². The number of rotatable bonds is 2. The average molecular weight is 186 g/mol. The van der Waals surface area contributed by atoms with Crippen LogP contribution >= 0.6 is 0 Å². The van der Waals surface area contributed by atoms with Gasteiger partial charge in [0.1, 0.15) is 12.2 Å². The summed E-state index contributed by atoms with van der Waals surface area (Å²) in [6.45, 7) is 3.61. The Balaban J connectivity index is 2.31. The van der Waals surface area contributed by atoms with Crippen LogP contribution in [0.2, 0.25) is 0 Å². The van der Waals surface area contributed by atoms with Crippen LogP contribution in [0.15, 0.2) is 0 Å². The lowest BCUT2D eigenvalue weighted by molar-refractivity contribution is -0.160. The molecule has 0 aromatic heterocycles. The molecule has 0 aliphatic heterocycles. The lowest BCUT2D eigenvalue weighted by atomic mass is 9.89. The van der Waals surface area contributed by atoms with Crippen molar-refractivity contribution in [2.45, 2.75) is 51.7 Å².